The molecular formula is C24H21FN2O3. The summed E-state index contributed by atoms with van der Waals surface area (Å²) in [5, 5.41) is 2.53. The number of β-lactam (4-membered cyclic amide) rings is 1. The van der Waals surface area contributed by atoms with Crippen molar-refractivity contribution < 1.29 is 18.7 Å². The molecule has 0 saturated carbocycles. The Morgan fingerprint density at radius 2 is 1.77 bits per heavy atom. The predicted molar refractivity (Wildman–Crippen MR) is 111 cm³/mol. The van der Waals surface area contributed by atoms with Crippen LogP contribution >= 0.6 is 0 Å². The van der Waals surface area contributed by atoms with Gasteiger partial charge < -0.3 is 15.0 Å². The summed E-state index contributed by atoms with van der Waals surface area (Å²) >= 11 is 0. The summed E-state index contributed by atoms with van der Waals surface area (Å²) in [6, 6.07) is 22.6. The number of benzene rings is 3. The van der Waals surface area contributed by atoms with E-state index in [9.17, 15) is 14.0 Å². The van der Waals surface area contributed by atoms with E-state index in [2.05, 4.69) is 5.32 Å². The SMILES string of the molecule is CN1C(=O)C(C(=O)Nc2ccccc2F)C1c1cccc(OCc2ccccc2)c1. The topological polar surface area (TPSA) is 58.6 Å². The number of para-hydroxylation sites is 1. The highest BCUT2D eigenvalue weighted by molar-refractivity contribution is 6.10. The molecule has 1 fully saturated rings. The number of nitrogens with one attached hydrogen (secondary N) is 1. The molecule has 6 heteroatoms. The number of hydrogen-bond donors (Lipinski definition) is 1. The minimum atomic E-state index is -0.918. The molecule has 2 atom stereocenters. The second-order valence-electron chi connectivity index (χ2n) is 7.19. The highest BCUT2D eigenvalue weighted by Crippen LogP contribution is 2.40. The molecular weight excluding hydrogens is 383 g/mol. The maximum atomic E-state index is 13.9. The molecule has 1 heterocycles. The first-order valence-electron chi connectivity index (χ1n) is 9.63. The molecule has 4 rings (SSSR count). The fourth-order valence-electron chi connectivity index (χ4n) is 3.61. The lowest BCUT2D eigenvalue weighted by Crippen LogP contribution is -2.57. The summed E-state index contributed by atoms with van der Waals surface area (Å²) in [4.78, 5) is 26.6. The van der Waals surface area contributed by atoms with Gasteiger partial charge in [0.25, 0.3) is 0 Å². The third-order valence-corrected chi connectivity index (χ3v) is 5.21. The second-order valence-corrected chi connectivity index (χ2v) is 7.19. The molecule has 1 aliphatic rings. The summed E-state index contributed by atoms with van der Waals surface area (Å²) in [5.74, 6) is -1.64. The Kier molecular flexibility index (Phi) is 5.48. The fourth-order valence-corrected chi connectivity index (χ4v) is 3.61. The van der Waals surface area contributed by atoms with Crippen molar-refractivity contribution in [3.8, 4) is 5.75 Å². The van der Waals surface area contributed by atoms with Crippen LogP contribution in [0.1, 0.15) is 17.2 Å². The smallest absolute Gasteiger partial charge is 0.239 e. The molecule has 2 unspecified atom stereocenters. The molecule has 0 bridgehead atoms. The summed E-state index contributed by atoms with van der Waals surface area (Å²) in [6.45, 7) is 0.418. The van der Waals surface area contributed by atoms with E-state index in [1.54, 1.807) is 13.1 Å². The van der Waals surface area contributed by atoms with Crippen LogP contribution in [0.2, 0.25) is 0 Å². The highest BCUT2D eigenvalue weighted by Gasteiger charge is 2.50. The lowest BCUT2D eigenvalue weighted by molar-refractivity contribution is -0.158. The number of hydrogen-bond acceptors (Lipinski definition) is 3. The predicted octanol–water partition coefficient (Wildman–Crippen LogP) is 4.17. The van der Waals surface area contributed by atoms with Crippen LogP contribution in [0.4, 0.5) is 10.1 Å². The van der Waals surface area contributed by atoms with Gasteiger partial charge in [-0.3, -0.25) is 9.59 Å². The monoisotopic (exact) mass is 404 g/mol. The number of rotatable bonds is 6. The Bertz CT molecular complexity index is 1070. The molecule has 0 spiro atoms. The quantitative estimate of drug-likeness (QED) is 0.496. The molecule has 1 aliphatic heterocycles. The van der Waals surface area contributed by atoms with Gasteiger partial charge in [-0.05, 0) is 35.4 Å². The Labute approximate surface area is 174 Å². The van der Waals surface area contributed by atoms with Gasteiger partial charge in [-0.1, -0.05) is 54.6 Å². The molecule has 3 aromatic carbocycles. The van der Waals surface area contributed by atoms with Gasteiger partial charge in [-0.2, -0.15) is 0 Å². The van der Waals surface area contributed by atoms with Crippen molar-refractivity contribution >= 4 is 17.5 Å². The molecule has 0 aromatic heterocycles. The normalized spacial score (nSPS) is 17.9. The summed E-state index contributed by atoms with van der Waals surface area (Å²) in [7, 11) is 1.65. The van der Waals surface area contributed by atoms with E-state index in [0.717, 1.165) is 11.1 Å². The minimum Gasteiger partial charge on any atom is -0.489 e. The van der Waals surface area contributed by atoms with Gasteiger partial charge in [0.15, 0.2) is 0 Å². The van der Waals surface area contributed by atoms with Crippen molar-refractivity contribution in [1.82, 2.24) is 4.90 Å². The summed E-state index contributed by atoms with van der Waals surface area (Å²) in [6.07, 6.45) is 0. The molecule has 5 nitrogen and oxygen atoms in total. The average Bonchev–Trinajstić information content (AvgIpc) is 2.77. The van der Waals surface area contributed by atoms with Crippen molar-refractivity contribution in [2.75, 3.05) is 12.4 Å². The van der Waals surface area contributed by atoms with Gasteiger partial charge >= 0.3 is 0 Å². The lowest BCUT2D eigenvalue weighted by atomic mass is 9.82. The standard InChI is InChI=1S/C24H21FN2O3/c1-27-22(21(24(27)29)23(28)26-20-13-6-5-12-19(20)25)17-10-7-11-18(14-17)30-15-16-8-3-2-4-9-16/h2-14,21-22H,15H2,1H3,(H,26,28). The van der Waals surface area contributed by atoms with E-state index < -0.39 is 23.7 Å². The Morgan fingerprint density at radius 1 is 1.03 bits per heavy atom. The van der Waals surface area contributed by atoms with Crippen molar-refractivity contribution in [3.63, 3.8) is 0 Å². The summed E-state index contributed by atoms with van der Waals surface area (Å²) < 4.78 is 19.7. The van der Waals surface area contributed by atoms with Crippen molar-refractivity contribution in [2.24, 2.45) is 5.92 Å². The van der Waals surface area contributed by atoms with Crippen LogP contribution in [0, 0.1) is 11.7 Å². The maximum absolute atomic E-state index is 13.9. The average molecular weight is 404 g/mol. The molecule has 0 radical (unpaired) electrons. The number of amides is 2. The van der Waals surface area contributed by atoms with Gasteiger partial charge in [0.05, 0.1) is 11.7 Å². The number of nitrogens with zero attached hydrogens (tertiary/aromatic N) is 1. The first-order chi connectivity index (χ1) is 14.5. The van der Waals surface area contributed by atoms with Crippen molar-refractivity contribution in [2.45, 2.75) is 12.6 Å². The Balaban J connectivity index is 1.50. The third kappa shape index (κ3) is 3.89. The highest BCUT2D eigenvalue weighted by atomic mass is 19.1. The van der Waals surface area contributed by atoms with Gasteiger partial charge in [-0.15, -0.1) is 0 Å². The van der Waals surface area contributed by atoms with Crippen LogP contribution in [0.5, 0.6) is 5.75 Å². The molecule has 152 valence electrons. The zero-order valence-corrected chi connectivity index (χ0v) is 16.4. The van der Waals surface area contributed by atoms with E-state index in [1.807, 2.05) is 54.6 Å². The Hall–Kier alpha value is -3.67. The van der Waals surface area contributed by atoms with Gasteiger partial charge in [0.2, 0.25) is 11.8 Å². The van der Waals surface area contributed by atoms with Crippen LogP contribution < -0.4 is 10.1 Å². The molecule has 1 saturated heterocycles. The number of carbonyl (C=O) groups excluding carboxylic acids is 2. The first-order valence-corrected chi connectivity index (χ1v) is 9.63. The van der Waals surface area contributed by atoms with Crippen LogP contribution in [0.15, 0.2) is 78.9 Å². The van der Waals surface area contributed by atoms with E-state index in [4.69, 9.17) is 4.74 Å². The molecule has 3 aromatic rings. The van der Waals surface area contributed by atoms with Crippen LogP contribution in [-0.4, -0.2) is 23.8 Å². The second kappa shape index (κ2) is 8.37. The largest absolute Gasteiger partial charge is 0.489 e. The first kappa shape index (κ1) is 19.6. The molecule has 0 aliphatic carbocycles. The molecule has 30 heavy (non-hydrogen) atoms. The van der Waals surface area contributed by atoms with Gasteiger partial charge in [-0.25, -0.2) is 4.39 Å². The number of carbonyl (C=O) groups is 2. The zero-order chi connectivity index (χ0) is 21.1. The fraction of sp³-hybridized carbons (Fsp3) is 0.167. The van der Waals surface area contributed by atoms with E-state index >= 15 is 0 Å². The van der Waals surface area contributed by atoms with Crippen molar-refractivity contribution in [3.05, 3.63) is 95.8 Å². The Morgan fingerprint density at radius 3 is 2.53 bits per heavy atom. The minimum absolute atomic E-state index is 0.0588. The lowest BCUT2D eigenvalue weighted by Gasteiger charge is -2.44. The molecule has 2 amide bonds. The molecule has 1 N–H and O–H groups in total. The third-order valence-electron chi connectivity index (χ3n) is 5.21. The van der Waals surface area contributed by atoms with Gasteiger partial charge in [0.1, 0.15) is 24.1 Å². The summed E-state index contributed by atoms with van der Waals surface area (Å²) in [5.41, 5.74) is 1.89. The van der Waals surface area contributed by atoms with Crippen LogP contribution in [0.25, 0.3) is 0 Å². The van der Waals surface area contributed by atoms with Crippen LogP contribution in [0.3, 0.4) is 0 Å². The number of halogens is 1. The van der Waals surface area contributed by atoms with Crippen molar-refractivity contribution in [1.29, 1.82) is 0 Å². The number of ether oxygens (including phenoxy) is 1. The van der Waals surface area contributed by atoms with Gasteiger partial charge in [0, 0.05) is 7.05 Å². The van der Waals surface area contributed by atoms with E-state index in [0.29, 0.717) is 12.4 Å². The van der Waals surface area contributed by atoms with E-state index in [-0.39, 0.29) is 11.6 Å². The van der Waals surface area contributed by atoms with E-state index in [1.165, 1.54) is 23.1 Å². The maximum Gasteiger partial charge on any atom is 0.239 e. The zero-order valence-electron chi connectivity index (χ0n) is 16.4. The number of anilines is 1. The van der Waals surface area contributed by atoms with Crippen LogP contribution in [-0.2, 0) is 16.2 Å². The number of likely N-dealkylation sites (tertiary alicyclic amines) is 1.